The molecule has 0 radical (unpaired) electrons. The number of rotatable bonds is 5. The SMILES string of the molecule is CC1Oc2ccc(NC(=O)C(Sc3ccccc3)c3ccccc3)cc2NC1=O. The number of anilines is 2. The van der Waals surface area contributed by atoms with E-state index in [0.717, 1.165) is 10.5 Å². The van der Waals surface area contributed by atoms with Crippen LogP contribution in [0, 0.1) is 0 Å². The molecule has 0 aromatic heterocycles. The van der Waals surface area contributed by atoms with E-state index < -0.39 is 11.4 Å². The van der Waals surface area contributed by atoms with Gasteiger partial charge >= 0.3 is 0 Å². The van der Waals surface area contributed by atoms with Crippen molar-refractivity contribution in [3.63, 3.8) is 0 Å². The number of thioether (sulfide) groups is 1. The number of fused-ring (bicyclic) bond motifs is 1. The lowest BCUT2D eigenvalue weighted by molar-refractivity contribution is -0.122. The van der Waals surface area contributed by atoms with Crippen LogP contribution in [0.1, 0.15) is 17.7 Å². The van der Waals surface area contributed by atoms with Gasteiger partial charge in [0.05, 0.1) is 5.69 Å². The maximum absolute atomic E-state index is 13.2. The molecule has 1 heterocycles. The normalized spacial score (nSPS) is 16.2. The van der Waals surface area contributed by atoms with E-state index in [1.807, 2.05) is 60.7 Å². The molecule has 0 saturated heterocycles. The summed E-state index contributed by atoms with van der Waals surface area (Å²) in [6, 6.07) is 24.7. The van der Waals surface area contributed by atoms with Crippen molar-refractivity contribution in [2.24, 2.45) is 0 Å². The molecule has 2 unspecified atom stereocenters. The van der Waals surface area contributed by atoms with Gasteiger partial charge in [0.1, 0.15) is 11.0 Å². The van der Waals surface area contributed by atoms with Gasteiger partial charge in [-0.25, -0.2) is 0 Å². The summed E-state index contributed by atoms with van der Waals surface area (Å²) >= 11 is 1.49. The van der Waals surface area contributed by atoms with Gasteiger partial charge in [0.25, 0.3) is 5.91 Å². The Bertz CT molecular complexity index is 1020. The molecule has 1 aliphatic rings. The second-order valence-electron chi connectivity index (χ2n) is 6.67. The van der Waals surface area contributed by atoms with Crippen LogP contribution in [0.2, 0.25) is 0 Å². The number of carbonyl (C=O) groups excluding carboxylic acids is 2. The highest BCUT2D eigenvalue weighted by Crippen LogP contribution is 2.37. The van der Waals surface area contributed by atoms with Gasteiger partial charge in [0, 0.05) is 10.6 Å². The lowest BCUT2D eigenvalue weighted by Crippen LogP contribution is -2.34. The molecule has 2 amide bonds. The van der Waals surface area contributed by atoms with Gasteiger partial charge in [0.2, 0.25) is 5.91 Å². The fourth-order valence-corrected chi connectivity index (χ4v) is 4.08. The van der Waals surface area contributed by atoms with Gasteiger partial charge in [-0.05, 0) is 42.8 Å². The van der Waals surface area contributed by atoms with E-state index in [0.29, 0.717) is 17.1 Å². The van der Waals surface area contributed by atoms with Crippen LogP contribution in [0.4, 0.5) is 11.4 Å². The number of hydrogen-bond donors (Lipinski definition) is 2. The predicted molar refractivity (Wildman–Crippen MR) is 115 cm³/mol. The molecule has 5 nitrogen and oxygen atoms in total. The van der Waals surface area contributed by atoms with Gasteiger partial charge in [-0.1, -0.05) is 48.5 Å². The molecule has 146 valence electrons. The van der Waals surface area contributed by atoms with E-state index in [1.54, 1.807) is 25.1 Å². The van der Waals surface area contributed by atoms with Crippen LogP contribution in [-0.4, -0.2) is 17.9 Å². The molecule has 3 aromatic carbocycles. The molecule has 0 fully saturated rings. The van der Waals surface area contributed by atoms with Gasteiger partial charge in [-0.15, -0.1) is 11.8 Å². The second-order valence-corrected chi connectivity index (χ2v) is 7.85. The lowest BCUT2D eigenvalue weighted by atomic mass is 10.1. The minimum atomic E-state index is -0.535. The van der Waals surface area contributed by atoms with E-state index in [4.69, 9.17) is 4.74 Å². The van der Waals surface area contributed by atoms with E-state index >= 15 is 0 Å². The number of benzene rings is 3. The summed E-state index contributed by atoms with van der Waals surface area (Å²) in [7, 11) is 0. The highest BCUT2D eigenvalue weighted by Gasteiger charge is 2.25. The Balaban J connectivity index is 1.57. The number of hydrogen-bond acceptors (Lipinski definition) is 4. The quantitative estimate of drug-likeness (QED) is 0.595. The molecule has 0 saturated carbocycles. The third kappa shape index (κ3) is 4.43. The zero-order chi connectivity index (χ0) is 20.2. The first-order valence-corrected chi connectivity index (χ1v) is 10.2. The molecule has 6 heteroatoms. The molecular formula is C23H20N2O3S. The molecule has 0 spiro atoms. The van der Waals surface area contributed by atoms with E-state index in [1.165, 1.54) is 11.8 Å². The van der Waals surface area contributed by atoms with E-state index in [-0.39, 0.29) is 11.8 Å². The van der Waals surface area contributed by atoms with Crippen molar-refractivity contribution >= 4 is 35.0 Å². The van der Waals surface area contributed by atoms with Gasteiger partial charge in [0.15, 0.2) is 6.10 Å². The van der Waals surface area contributed by atoms with Crippen molar-refractivity contribution in [1.82, 2.24) is 0 Å². The minimum Gasteiger partial charge on any atom is -0.479 e. The summed E-state index contributed by atoms with van der Waals surface area (Å²) in [6.45, 7) is 1.69. The fraction of sp³-hybridized carbons (Fsp3) is 0.130. The summed E-state index contributed by atoms with van der Waals surface area (Å²) in [6.07, 6.45) is -0.535. The third-order valence-corrected chi connectivity index (χ3v) is 5.78. The van der Waals surface area contributed by atoms with Crippen LogP contribution in [0.5, 0.6) is 5.75 Å². The fourth-order valence-electron chi connectivity index (χ4n) is 3.03. The molecule has 2 N–H and O–H groups in total. The predicted octanol–water partition coefficient (Wildman–Crippen LogP) is 4.88. The van der Waals surface area contributed by atoms with E-state index in [2.05, 4.69) is 10.6 Å². The zero-order valence-corrected chi connectivity index (χ0v) is 16.6. The maximum Gasteiger partial charge on any atom is 0.265 e. The summed E-state index contributed by atoms with van der Waals surface area (Å²) in [5.74, 6) is 0.248. The third-order valence-electron chi connectivity index (χ3n) is 4.52. The summed E-state index contributed by atoms with van der Waals surface area (Å²) in [5, 5.41) is 5.36. The topological polar surface area (TPSA) is 67.4 Å². The Labute approximate surface area is 173 Å². The number of carbonyl (C=O) groups is 2. The molecule has 29 heavy (non-hydrogen) atoms. The van der Waals surface area contributed by atoms with Crippen molar-refractivity contribution in [1.29, 1.82) is 0 Å². The van der Waals surface area contributed by atoms with Gasteiger partial charge in [-0.2, -0.15) is 0 Å². The molecule has 1 aliphatic heterocycles. The van der Waals surface area contributed by atoms with Gasteiger partial charge < -0.3 is 15.4 Å². The van der Waals surface area contributed by atoms with E-state index in [9.17, 15) is 9.59 Å². The largest absolute Gasteiger partial charge is 0.479 e. The Kier molecular flexibility index (Phi) is 5.53. The first kappa shape index (κ1) is 19.1. The summed E-state index contributed by atoms with van der Waals surface area (Å²) in [5.41, 5.74) is 2.07. The van der Waals surface area contributed by atoms with Crippen LogP contribution < -0.4 is 15.4 Å². The molecule has 4 rings (SSSR count). The molecule has 0 bridgehead atoms. The van der Waals surface area contributed by atoms with Gasteiger partial charge in [-0.3, -0.25) is 9.59 Å². The first-order chi connectivity index (χ1) is 14.1. The minimum absolute atomic E-state index is 0.138. The van der Waals surface area contributed by atoms with Crippen LogP contribution in [0.15, 0.2) is 83.8 Å². The number of amides is 2. The van der Waals surface area contributed by atoms with Crippen molar-refractivity contribution in [2.45, 2.75) is 23.2 Å². The Morgan fingerprint density at radius 1 is 1.03 bits per heavy atom. The average Bonchev–Trinajstić information content (AvgIpc) is 2.74. The maximum atomic E-state index is 13.2. The summed E-state index contributed by atoms with van der Waals surface area (Å²) in [4.78, 5) is 26.0. The van der Waals surface area contributed by atoms with Crippen molar-refractivity contribution < 1.29 is 14.3 Å². The number of nitrogens with one attached hydrogen (secondary N) is 2. The second kappa shape index (κ2) is 8.41. The molecule has 3 aromatic rings. The average molecular weight is 404 g/mol. The standard InChI is InChI=1S/C23H20N2O3S/c1-15-22(26)25-19-14-17(12-13-20(19)28-15)24-23(27)21(16-8-4-2-5-9-16)29-18-10-6-3-7-11-18/h2-15,21H,1H3,(H,24,27)(H,25,26). The zero-order valence-electron chi connectivity index (χ0n) is 15.8. The highest BCUT2D eigenvalue weighted by molar-refractivity contribution is 8.00. The van der Waals surface area contributed by atoms with Crippen molar-refractivity contribution in [3.8, 4) is 5.75 Å². The monoisotopic (exact) mass is 404 g/mol. The molecular weight excluding hydrogens is 384 g/mol. The Hall–Kier alpha value is -3.25. The van der Waals surface area contributed by atoms with Crippen LogP contribution in [0.3, 0.4) is 0 Å². The van der Waals surface area contributed by atoms with Crippen LogP contribution in [0.25, 0.3) is 0 Å². The van der Waals surface area contributed by atoms with Crippen molar-refractivity contribution in [2.75, 3.05) is 10.6 Å². The number of ether oxygens (including phenoxy) is 1. The lowest BCUT2D eigenvalue weighted by Gasteiger charge is -2.24. The van der Waals surface area contributed by atoms with Crippen LogP contribution >= 0.6 is 11.8 Å². The van der Waals surface area contributed by atoms with Crippen molar-refractivity contribution in [3.05, 3.63) is 84.4 Å². The van der Waals surface area contributed by atoms with Crippen LogP contribution in [-0.2, 0) is 9.59 Å². The summed E-state index contributed by atoms with van der Waals surface area (Å²) < 4.78 is 5.57. The molecule has 0 aliphatic carbocycles. The Morgan fingerprint density at radius 3 is 2.45 bits per heavy atom. The Morgan fingerprint density at radius 2 is 1.72 bits per heavy atom. The molecule has 2 atom stereocenters. The first-order valence-electron chi connectivity index (χ1n) is 9.29. The smallest absolute Gasteiger partial charge is 0.265 e. The highest BCUT2D eigenvalue weighted by atomic mass is 32.2.